The van der Waals surface area contributed by atoms with Crippen LogP contribution in [0.25, 0.3) is 5.76 Å². The van der Waals surface area contributed by atoms with Gasteiger partial charge >= 0.3 is 0 Å². The van der Waals surface area contributed by atoms with Crippen molar-refractivity contribution in [3.63, 3.8) is 0 Å². The molecule has 1 fully saturated rings. The zero-order chi connectivity index (χ0) is 21.1. The second-order valence-electron chi connectivity index (χ2n) is 7.42. The summed E-state index contributed by atoms with van der Waals surface area (Å²) in [6.45, 7) is 3.06. The van der Waals surface area contributed by atoms with Crippen LogP contribution in [0.15, 0.2) is 78.9 Å². The molecule has 0 aliphatic carbocycles. The highest BCUT2D eigenvalue weighted by Crippen LogP contribution is 2.39. The summed E-state index contributed by atoms with van der Waals surface area (Å²) in [5.74, 6) is -1.37. The van der Waals surface area contributed by atoms with Gasteiger partial charge in [-0.05, 0) is 18.9 Å². The monoisotopic (exact) mass is 401 g/mol. The number of ketones is 1. The third-order valence-electron chi connectivity index (χ3n) is 5.35. The number of aryl methyl sites for hydroxylation is 2. The highest BCUT2D eigenvalue weighted by molar-refractivity contribution is 6.46. The molecule has 3 aromatic rings. The Morgan fingerprint density at radius 1 is 1.03 bits per heavy atom. The van der Waals surface area contributed by atoms with Crippen molar-refractivity contribution in [1.29, 1.82) is 0 Å². The molecule has 152 valence electrons. The Hall–Kier alpha value is -3.67. The van der Waals surface area contributed by atoms with Crippen LogP contribution in [-0.4, -0.2) is 37.8 Å². The number of Topliss-reactive ketones (excluding diaryl/α,β-unsaturated/α-hetero) is 1. The number of carbonyl (C=O) groups is 2. The highest BCUT2D eigenvalue weighted by Gasteiger charge is 2.45. The summed E-state index contributed by atoms with van der Waals surface area (Å²) >= 11 is 0. The van der Waals surface area contributed by atoms with Crippen LogP contribution >= 0.6 is 0 Å². The topological polar surface area (TPSA) is 75.4 Å². The quantitative estimate of drug-likeness (QED) is 0.388. The van der Waals surface area contributed by atoms with Crippen molar-refractivity contribution in [3.8, 4) is 0 Å². The van der Waals surface area contributed by atoms with Gasteiger partial charge in [-0.25, -0.2) is 4.98 Å². The van der Waals surface area contributed by atoms with Gasteiger partial charge in [0.1, 0.15) is 5.76 Å². The van der Waals surface area contributed by atoms with E-state index in [1.165, 1.54) is 0 Å². The van der Waals surface area contributed by atoms with Gasteiger partial charge in [-0.1, -0.05) is 60.2 Å². The maximum absolute atomic E-state index is 12.9. The minimum absolute atomic E-state index is 0.137. The molecule has 6 nitrogen and oxygen atoms in total. The average molecular weight is 401 g/mol. The minimum Gasteiger partial charge on any atom is -0.507 e. The van der Waals surface area contributed by atoms with E-state index in [0.29, 0.717) is 25.1 Å². The molecule has 1 N–H and O–H groups in total. The average Bonchev–Trinajstić information content (AvgIpc) is 3.37. The summed E-state index contributed by atoms with van der Waals surface area (Å²) in [5.41, 5.74) is 2.54. The molecular weight excluding hydrogens is 378 g/mol. The molecule has 1 unspecified atom stereocenters. The Labute approximate surface area is 175 Å². The molecule has 4 rings (SSSR count). The molecule has 1 saturated heterocycles. The number of carbonyl (C=O) groups excluding carboxylic acids is 2. The van der Waals surface area contributed by atoms with Gasteiger partial charge in [-0.3, -0.25) is 9.59 Å². The molecule has 0 radical (unpaired) electrons. The van der Waals surface area contributed by atoms with Crippen molar-refractivity contribution in [2.45, 2.75) is 25.9 Å². The number of aromatic nitrogens is 2. The predicted molar refractivity (Wildman–Crippen MR) is 113 cm³/mol. The van der Waals surface area contributed by atoms with Crippen molar-refractivity contribution in [1.82, 2.24) is 14.5 Å². The Morgan fingerprint density at radius 3 is 2.43 bits per heavy atom. The van der Waals surface area contributed by atoms with E-state index < -0.39 is 17.7 Å². The van der Waals surface area contributed by atoms with Crippen LogP contribution in [0.1, 0.15) is 29.2 Å². The molecule has 1 amide bonds. The largest absolute Gasteiger partial charge is 0.507 e. The fraction of sp³-hybridized carbons (Fsp3) is 0.208. The number of hydrogen-bond acceptors (Lipinski definition) is 4. The van der Waals surface area contributed by atoms with Gasteiger partial charge in [0, 0.05) is 31.0 Å². The van der Waals surface area contributed by atoms with Gasteiger partial charge in [-0.15, -0.1) is 0 Å². The summed E-state index contributed by atoms with van der Waals surface area (Å²) in [4.78, 5) is 31.5. The van der Waals surface area contributed by atoms with Gasteiger partial charge in [-0.2, -0.15) is 0 Å². The molecule has 1 aliphatic rings. The van der Waals surface area contributed by atoms with Crippen molar-refractivity contribution < 1.29 is 14.7 Å². The Bertz CT molecular complexity index is 1070. The SMILES string of the molecule is Cc1ccc(C2/C(=C(\O)c3ccccc3)C(=O)C(=O)N2CCCn2ccnc2)cc1. The lowest BCUT2D eigenvalue weighted by Gasteiger charge is -2.25. The molecule has 2 aromatic carbocycles. The van der Waals surface area contributed by atoms with Crippen LogP contribution in [0.4, 0.5) is 0 Å². The van der Waals surface area contributed by atoms with E-state index in [9.17, 15) is 14.7 Å². The van der Waals surface area contributed by atoms with Crippen molar-refractivity contribution in [3.05, 3.63) is 95.6 Å². The summed E-state index contributed by atoms with van der Waals surface area (Å²) in [6, 6.07) is 16.0. The number of aliphatic hydroxyl groups is 1. The molecule has 1 aliphatic heterocycles. The molecule has 30 heavy (non-hydrogen) atoms. The normalized spacial score (nSPS) is 18.2. The van der Waals surface area contributed by atoms with Gasteiger partial charge in [0.15, 0.2) is 0 Å². The van der Waals surface area contributed by atoms with Crippen molar-refractivity contribution >= 4 is 17.4 Å². The number of rotatable bonds is 6. The van der Waals surface area contributed by atoms with E-state index in [4.69, 9.17) is 0 Å². The first-order valence-corrected chi connectivity index (χ1v) is 9.92. The first-order valence-electron chi connectivity index (χ1n) is 9.92. The third kappa shape index (κ3) is 3.76. The van der Waals surface area contributed by atoms with Crippen LogP contribution in [0, 0.1) is 6.92 Å². The fourth-order valence-corrected chi connectivity index (χ4v) is 3.80. The van der Waals surface area contributed by atoms with E-state index in [0.717, 1.165) is 11.1 Å². The molecule has 2 heterocycles. The van der Waals surface area contributed by atoms with Gasteiger partial charge in [0.25, 0.3) is 11.7 Å². The number of nitrogens with zero attached hydrogens (tertiary/aromatic N) is 3. The van der Waals surface area contributed by atoms with Crippen LogP contribution in [-0.2, 0) is 16.1 Å². The minimum atomic E-state index is -0.649. The second-order valence-corrected chi connectivity index (χ2v) is 7.42. The second kappa shape index (κ2) is 8.37. The standard InChI is InChI=1S/C24H23N3O3/c1-17-8-10-18(11-9-17)21-20(22(28)19-6-3-2-4-7-19)23(29)24(30)27(21)14-5-13-26-15-12-25-16-26/h2-4,6-12,15-16,21,28H,5,13-14H2,1H3/b22-20+. The Balaban J connectivity index is 1.72. The predicted octanol–water partition coefficient (Wildman–Crippen LogP) is 3.70. The van der Waals surface area contributed by atoms with Crippen LogP contribution < -0.4 is 0 Å². The number of imidazole rings is 1. The lowest BCUT2D eigenvalue weighted by atomic mass is 9.94. The maximum atomic E-state index is 12.9. The smallest absolute Gasteiger partial charge is 0.295 e. The first-order chi connectivity index (χ1) is 14.6. The summed E-state index contributed by atoms with van der Waals surface area (Å²) in [7, 11) is 0. The number of likely N-dealkylation sites (tertiary alicyclic amines) is 1. The molecule has 6 heteroatoms. The lowest BCUT2D eigenvalue weighted by molar-refractivity contribution is -0.139. The van der Waals surface area contributed by atoms with Gasteiger partial charge in [0.2, 0.25) is 0 Å². The molecule has 0 spiro atoms. The van der Waals surface area contributed by atoms with E-state index in [2.05, 4.69) is 4.98 Å². The van der Waals surface area contributed by atoms with E-state index in [1.54, 1.807) is 41.7 Å². The van der Waals surface area contributed by atoms with Crippen LogP contribution in [0.5, 0.6) is 0 Å². The lowest BCUT2D eigenvalue weighted by Crippen LogP contribution is -2.31. The van der Waals surface area contributed by atoms with Crippen LogP contribution in [0.3, 0.4) is 0 Å². The summed E-state index contributed by atoms with van der Waals surface area (Å²) < 4.78 is 1.93. The molecule has 1 atom stereocenters. The zero-order valence-corrected chi connectivity index (χ0v) is 16.7. The number of benzene rings is 2. The highest BCUT2D eigenvalue weighted by atomic mass is 16.3. The van der Waals surface area contributed by atoms with Crippen molar-refractivity contribution in [2.75, 3.05) is 6.54 Å². The van der Waals surface area contributed by atoms with Gasteiger partial charge in [0.05, 0.1) is 17.9 Å². The number of hydrogen-bond donors (Lipinski definition) is 1. The Kier molecular flexibility index (Phi) is 5.48. The first kappa shape index (κ1) is 19.6. The fourth-order valence-electron chi connectivity index (χ4n) is 3.80. The van der Waals surface area contributed by atoms with Crippen molar-refractivity contribution in [2.24, 2.45) is 0 Å². The zero-order valence-electron chi connectivity index (χ0n) is 16.7. The number of amides is 1. The van der Waals surface area contributed by atoms with E-state index in [-0.39, 0.29) is 11.3 Å². The molecule has 0 bridgehead atoms. The maximum Gasteiger partial charge on any atom is 0.295 e. The Morgan fingerprint density at radius 2 is 1.77 bits per heavy atom. The molecular formula is C24H23N3O3. The molecule has 0 saturated carbocycles. The van der Waals surface area contributed by atoms with E-state index in [1.807, 2.05) is 48.0 Å². The van der Waals surface area contributed by atoms with Gasteiger partial charge < -0.3 is 14.6 Å². The third-order valence-corrected chi connectivity index (χ3v) is 5.35. The molecule has 1 aromatic heterocycles. The van der Waals surface area contributed by atoms with E-state index >= 15 is 0 Å². The number of aliphatic hydroxyl groups excluding tert-OH is 1. The summed E-state index contributed by atoms with van der Waals surface area (Å²) in [5, 5.41) is 11.0. The van der Waals surface area contributed by atoms with Crippen LogP contribution in [0.2, 0.25) is 0 Å². The summed E-state index contributed by atoms with van der Waals surface area (Å²) in [6.07, 6.45) is 5.96.